The number of rotatable bonds is 6. The van der Waals surface area contributed by atoms with Gasteiger partial charge in [-0.1, -0.05) is 73.6 Å². The standard InChI is InChI=1S/C25H24I2O4SSi/c1-18-10-12-21(13-11-18)32(28,29)31-22-16-20(14-15-33(2,3)4)23(26)25(24(22)27)30-17-19-8-6-5-7-9-19/h5-13,16H,17H2,1-4H3. The number of ether oxygens (including phenoxy) is 1. The molecule has 0 unspecified atom stereocenters. The number of hydrogen-bond acceptors (Lipinski definition) is 4. The highest BCUT2D eigenvalue weighted by Crippen LogP contribution is 2.39. The molecule has 0 bridgehead atoms. The van der Waals surface area contributed by atoms with E-state index in [4.69, 9.17) is 8.92 Å². The van der Waals surface area contributed by atoms with E-state index >= 15 is 0 Å². The summed E-state index contributed by atoms with van der Waals surface area (Å²) in [6.07, 6.45) is 0. The van der Waals surface area contributed by atoms with Gasteiger partial charge in [0.05, 0.1) is 7.14 Å². The van der Waals surface area contributed by atoms with Crippen LogP contribution in [0.1, 0.15) is 16.7 Å². The normalized spacial score (nSPS) is 11.5. The molecule has 0 spiro atoms. The molecule has 0 saturated carbocycles. The second-order valence-corrected chi connectivity index (χ2v) is 17.0. The summed E-state index contributed by atoms with van der Waals surface area (Å²) in [5, 5.41) is 0. The Morgan fingerprint density at radius 2 is 1.58 bits per heavy atom. The van der Waals surface area contributed by atoms with Crippen LogP contribution >= 0.6 is 45.2 Å². The highest BCUT2D eigenvalue weighted by molar-refractivity contribution is 14.1. The predicted molar refractivity (Wildman–Crippen MR) is 152 cm³/mol. The zero-order valence-corrected chi connectivity index (χ0v) is 24.9. The average molecular weight is 702 g/mol. The third-order valence-corrected chi connectivity index (χ3v) is 8.65. The number of halogens is 2. The Bertz CT molecular complexity index is 1300. The van der Waals surface area contributed by atoms with Gasteiger partial charge < -0.3 is 8.92 Å². The molecule has 0 amide bonds. The number of aryl methyl sites for hydroxylation is 1. The fraction of sp³-hybridized carbons (Fsp3) is 0.200. The molecule has 0 aromatic heterocycles. The Morgan fingerprint density at radius 3 is 2.18 bits per heavy atom. The lowest BCUT2D eigenvalue weighted by Gasteiger charge is -2.16. The van der Waals surface area contributed by atoms with Crippen molar-refractivity contribution in [3.05, 3.63) is 84.5 Å². The minimum atomic E-state index is -4.01. The zero-order chi connectivity index (χ0) is 24.2. The molecule has 0 saturated heterocycles. The summed E-state index contributed by atoms with van der Waals surface area (Å²) in [5.74, 6) is 4.01. The molecule has 0 atom stereocenters. The molecule has 3 rings (SSSR count). The molecule has 0 radical (unpaired) electrons. The Balaban J connectivity index is 2.05. The summed E-state index contributed by atoms with van der Waals surface area (Å²) in [5.41, 5.74) is 6.02. The zero-order valence-electron chi connectivity index (χ0n) is 18.8. The van der Waals surface area contributed by atoms with Gasteiger partial charge in [0.15, 0.2) is 11.5 Å². The first-order valence-electron chi connectivity index (χ1n) is 10.2. The maximum Gasteiger partial charge on any atom is 0.339 e. The van der Waals surface area contributed by atoms with Gasteiger partial charge in [0.25, 0.3) is 0 Å². The molecule has 0 N–H and O–H groups in total. The van der Waals surface area contributed by atoms with Crippen LogP contribution in [0.2, 0.25) is 19.6 Å². The van der Waals surface area contributed by atoms with Crippen LogP contribution in [0.15, 0.2) is 65.6 Å². The number of benzene rings is 3. The molecule has 0 fully saturated rings. The smallest absolute Gasteiger partial charge is 0.339 e. The molecule has 0 heterocycles. The Labute approximate surface area is 224 Å². The molecule has 3 aromatic carbocycles. The SMILES string of the molecule is Cc1ccc(S(=O)(=O)Oc2cc(C#C[Si](C)(C)C)c(I)c(OCc3ccccc3)c2I)cc1. The predicted octanol–water partition coefficient (Wildman–Crippen LogP) is 6.78. The van der Waals surface area contributed by atoms with Crippen molar-refractivity contribution in [2.24, 2.45) is 0 Å². The lowest BCUT2D eigenvalue weighted by Crippen LogP contribution is -2.16. The van der Waals surface area contributed by atoms with Crippen LogP contribution in [-0.4, -0.2) is 16.5 Å². The molecule has 4 nitrogen and oxygen atoms in total. The minimum Gasteiger partial charge on any atom is -0.486 e. The van der Waals surface area contributed by atoms with Crippen LogP contribution in [-0.2, 0) is 16.7 Å². The van der Waals surface area contributed by atoms with Gasteiger partial charge in [0.2, 0.25) is 0 Å². The van der Waals surface area contributed by atoms with Crippen molar-refractivity contribution in [1.29, 1.82) is 0 Å². The maximum atomic E-state index is 13.0. The molecule has 0 aliphatic heterocycles. The first kappa shape index (κ1) is 26.1. The third-order valence-electron chi connectivity index (χ3n) is 4.43. The summed E-state index contributed by atoms with van der Waals surface area (Å²) in [6.45, 7) is 8.73. The van der Waals surface area contributed by atoms with Crippen LogP contribution < -0.4 is 8.92 Å². The van der Waals surface area contributed by atoms with E-state index in [-0.39, 0.29) is 10.6 Å². The fourth-order valence-electron chi connectivity index (χ4n) is 2.72. The lowest BCUT2D eigenvalue weighted by molar-refractivity contribution is 0.300. The highest BCUT2D eigenvalue weighted by atomic mass is 127. The van der Waals surface area contributed by atoms with E-state index in [0.717, 1.165) is 14.7 Å². The van der Waals surface area contributed by atoms with Gasteiger partial charge in [-0.05, 0) is 75.9 Å². The fourth-order valence-corrected chi connectivity index (χ4v) is 6.24. The Kier molecular flexibility index (Phi) is 8.53. The molecular formula is C25H24I2O4SSi. The van der Waals surface area contributed by atoms with Crippen molar-refractivity contribution in [2.45, 2.75) is 38.1 Å². The second-order valence-electron chi connectivity index (χ2n) is 8.50. The monoisotopic (exact) mass is 702 g/mol. The van der Waals surface area contributed by atoms with Gasteiger partial charge >= 0.3 is 10.1 Å². The summed E-state index contributed by atoms with van der Waals surface area (Å²) < 4.78 is 39.1. The van der Waals surface area contributed by atoms with Gasteiger partial charge in [-0.3, -0.25) is 0 Å². The molecular weight excluding hydrogens is 678 g/mol. The molecule has 3 aromatic rings. The topological polar surface area (TPSA) is 52.6 Å². The molecule has 172 valence electrons. The van der Waals surface area contributed by atoms with Crippen LogP contribution in [0.3, 0.4) is 0 Å². The van der Waals surface area contributed by atoms with Crippen molar-refractivity contribution in [3.8, 4) is 23.0 Å². The maximum absolute atomic E-state index is 13.0. The van der Waals surface area contributed by atoms with E-state index in [1.165, 1.54) is 0 Å². The minimum absolute atomic E-state index is 0.101. The highest BCUT2D eigenvalue weighted by Gasteiger charge is 2.23. The van der Waals surface area contributed by atoms with E-state index in [1.54, 1.807) is 30.3 Å². The largest absolute Gasteiger partial charge is 0.486 e. The number of hydrogen-bond donors (Lipinski definition) is 0. The van der Waals surface area contributed by atoms with Crippen molar-refractivity contribution in [3.63, 3.8) is 0 Å². The lowest BCUT2D eigenvalue weighted by atomic mass is 10.2. The molecule has 0 aliphatic carbocycles. The average Bonchev–Trinajstić information content (AvgIpc) is 2.75. The van der Waals surface area contributed by atoms with Crippen molar-refractivity contribution in [2.75, 3.05) is 0 Å². The van der Waals surface area contributed by atoms with Crippen molar-refractivity contribution in [1.82, 2.24) is 0 Å². The van der Waals surface area contributed by atoms with Gasteiger partial charge in [0.1, 0.15) is 19.6 Å². The van der Waals surface area contributed by atoms with Gasteiger partial charge in [-0.15, -0.1) is 5.54 Å². The second kappa shape index (κ2) is 10.8. The van der Waals surface area contributed by atoms with E-state index in [1.807, 2.05) is 37.3 Å². The molecule has 8 heteroatoms. The molecule has 0 aliphatic rings. The Morgan fingerprint density at radius 1 is 0.939 bits per heavy atom. The van der Waals surface area contributed by atoms with Crippen LogP contribution in [0, 0.1) is 25.5 Å². The van der Waals surface area contributed by atoms with E-state index < -0.39 is 18.2 Å². The van der Waals surface area contributed by atoms with E-state index in [9.17, 15) is 8.42 Å². The third kappa shape index (κ3) is 7.21. The van der Waals surface area contributed by atoms with E-state index in [0.29, 0.717) is 21.5 Å². The van der Waals surface area contributed by atoms with Crippen molar-refractivity contribution < 1.29 is 17.3 Å². The van der Waals surface area contributed by atoms with Crippen LogP contribution in [0.25, 0.3) is 0 Å². The quantitative estimate of drug-likeness (QED) is 0.123. The summed E-state index contributed by atoms with van der Waals surface area (Å²) in [6, 6.07) is 18.1. The summed E-state index contributed by atoms with van der Waals surface area (Å²) >= 11 is 4.28. The Hall–Kier alpha value is -1.55. The van der Waals surface area contributed by atoms with Crippen LogP contribution in [0.4, 0.5) is 0 Å². The molecule has 33 heavy (non-hydrogen) atoms. The van der Waals surface area contributed by atoms with Gasteiger partial charge in [-0.2, -0.15) is 8.42 Å². The summed E-state index contributed by atoms with van der Waals surface area (Å²) in [7, 11) is -5.67. The van der Waals surface area contributed by atoms with Crippen LogP contribution in [0.5, 0.6) is 11.5 Å². The van der Waals surface area contributed by atoms with Crippen molar-refractivity contribution >= 4 is 63.4 Å². The van der Waals surface area contributed by atoms with Gasteiger partial charge in [-0.25, -0.2) is 0 Å². The van der Waals surface area contributed by atoms with E-state index in [2.05, 4.69) is 76.3 Å². The first-order valence-corrected chi connectivity index (χ1v) is 17.3. The van der Waals surface area contributed by atoms with Gasteiger partial charge in [0, 0.05) is 5.56 Å². The summed E-state index contributed by atoms with van der Waals surface area (Å²) in [4.78, 5) is 0.101. The first-order chi connectivity index (χ1) is 15.5.